The van der Waals surface area contributed by atoms with Crippen molar-refractivity contribution in [3.8, 4) is 0 Å². The van der Waals surface area contributed by atoms with Crippen molar-refractivity contribution in [3.63, 3.8) is 0 Å². The summed E-state index contributed by atoms with van der Waals surface area (Å²) < 4.78 is 0. The first-order valence-corrected chi connectivity index (χ1v) is 6.55. The molecule has 1 aliphatic heterocycles. The van der Waals surface area contributed by atoms with E-state index >= 15 is 0 Å². The second kappa shape index (κ2) is 4.89. The van der Waals surface area contributed by atoms with Crippen molar-refractivity contribution in [1.29, 1.82) is 0 Å². The van der Waals surface area contributed by atoms with E-state index in [1.165, 1.54) is 4.90 Å². The minimum Gasteiger partial charge on any atom is -0.324 e. The lowest BCUT2D eigenvalue weighted by atomic mass is 10.1. The smallest absolute Gasteiger partial charge is 0.246 e. The molecular weight excluding hydrogens is 220 g/mol. The van der Waals surface area contributed by atoms with Gasteiger partial charge < -0.3 is 10.6 Å². The van der Waals surface area contributed by atoms with E-state index < -0.39 is 0 Å². The van der Waals surface area contributed by atoms with Gasteiger partial charge >= 0.3 is 0 Å². The number of thioether (sulfide) groups is 1. The summed E-state index contributed by atoms with van der Waals surface area (Å²) in [5, 5.41) is 6.10. The van der Waals surface area contributed by atoms with Gasteiger partial charge in [-0.3, -0.25) is 4.79 Å². The molecular formula is C12H16N2OS. The molecule has 1 heterocycles. The Morgan fingerprint density at radius 2 is 2.25 bits per heavy atom. The summed E-state index contributed by atoms with van der Waals surface area (Å²) in [6.45, 7) is 4.92. The summed E-state index contributed by atoms with van der Waals surface area (Å²) in [6.07, 6.45) is 0. The van der Waals surface area contributed by atoms with Gasteiger partial charge in [-0.05, 0) is 24.4 Å². The van der Waals surface area contributed by atoms with E-state index in [-0.39, 0.29) is 11.9 Å². The highest BCUT2D eigenvalue weighted by atomic mass is 32.2. The molecule has 2 N–H and O–H groups in total. The zero-order valence-electron chi connectivity index (χ0n) is 9.54. The highest BCUT2D eigenvalue weighted by Gasteiger charge is 2.29. The molecule has 1 unspecified atom stereocenters. The summed E-state index contributed by atoms with van der Waals surface area (Å²) in [5.74, 6) is 1.10. The van der Waals surface area contributed by atoms with Gasteiger partial charge in [0.05, 0.1) is 0 Å². The normalized spacial score (nSPS) is 18.4. The van der Waals surface area contributed by atoms with E-state index in [1.807, 2.05) is 13.0 Å². The predicted octanol–water partition coefficient (Wildman–Crippen LogP) is 2.40. The number of fused-ring (bicyclic) bond motifs is 1. The number of benzene rings is 1. The summed E-state index contributed by atoms with van der Waals surface area (Å²) in [4.78, 5) is 12.9. The van der Waals surface area contributed by atoms with Crippen molar-refractivity contribution in [3.05, 3.63) is 23.8 Å². The number of nitrogens with one attached hydrogen (secondary N) is 2. The van der Waals surface area contributed by atoms with Crippen molar-refractivity contribution in [2.75, 3.05) is 17.6 Å². The number of rotatable bonds is 4. The van der Waals surface area contributed by atoms with Crippen molar-refractivity contribution in [2.24, 2.45) is 0 Å². The molecule has 16 heavy (non-hydrogen) atoms. The zero-order valence-corrected chi connectivity index (χ0v) is 10.4. The lowest BCUT2D eigenvalue weighted by Gasteiger charge is -2.09. The molecule has 0 saturated heterocycles. The molecule has 0 fully saturated rings. The van der Waals surface area contributed by atoms with Crippen LogP contribution in [-0.2, 0) is 4.79 Å². The summed E-state index contributed by atoms with van der Waals surface area (Å²) in [5.41, 5.74) is 2.02. The van der Waals surface area contributed by atoms with Gasteiger partial charge in [0, 0.05) is 16.1 Å². The number of hydrogen-bond donors (Lipinski definition) is 2. The van der Waals surface area contributed by atoms with E-state index in [1.54, 1.807) is 11.8 Å². The molecule has 1 amide bonds. The first-order chi connectivity index (χ1) is 7.76. The van der Waals surface area contributed by atoms with Crippen LogP contribution in [0.25, 0.3) is 0 Å². The Bertz CT molecular complexity index is 406. The second-order valence-electron chi connectivity index (χ2n) is 3.66. The quantitative estimate of drug-likeness (QED) is 0.789. The fourth-order valence-corrected chi connectivity index (χ4v) is 2.60. The molecule has 0 spiro atoms. The van der Waals surface area contributed by atoms with Crippen molar-refractivity contribution in [2.45, 2.75) is 24.8 Å². The van der Waals surface area contributed by atoms with E-state index in [0.29, 0.717) is 0 Å². The van der Waals surface area contributed by atoms with Crippen LogP contribution in [0, 0.1) is 0 Å². The van der Waals surface area contributed by atoms with Gasteiger partial charge in [-0.25, -0.2) is 0 Å². The van der Waals surface area contributed by atoms with Crippen LogP contribution < -0.4 is 10.6 Å². The third-order valence-electron chi connectivity index (χ3n) is 2.58. The van der Waals surface area contributed by atoms with Crippen LogP contribution in [0.5, 0.6) is 0 Å². The molecule has 1 aromatic carbocycles. The van der Waals surface area contributed by atoms with Crippen LogP contribution in [0.1, 0.15) is 25.5 Å². The maximum atomic E-state index is 11.7. The third kappa shape index (κ3) is 2.08. The molecule has 0 radical (unpaired) electrons. The number of anilines is 1. The molecule has 0 saturated carbocycles. The standard InChI is InChI=1S/C12H16N2OS/c1-3-13-11-9-6-5-8(16-4-2)7-10(9)14-12(11)15/h5-7,11,13H,3-4H2,1-2H3,(H,14,15). The van der Waals surface area contributed by atoms with Gasteiger partial charge in [0.1, 0.15) is 6.04 Å². The molecule has 3 nitrogen and oxygen atoms in total. The first-order valence-electron chi connectivity index (χ1n) is 5.57. The number of carbonyl (C=O) groups excluding carboxylic acids is 1. The molecule has 1 aliphatic rings. The van der Waals surface area contributed by atoms with Gasteiger partial charge in [0.15, 0.2) is 0 Å². The molecule has 2 rings (SSSR count). The summed E-state index contributed by atoms with van der Waals surface area (Å²) in [6, 6.07) is 6.00. The average Bonchev–Trinajstić information content (AvgIpc) is 2.56. The maximum absolute atomic E-state index is 11.7. The molecule has 0 aromatic heterocycles. The Morgan fingerprint density at radius 3 is 2.94 bits per heavy atom. The Balaban J connectivity index is 2.27. The summed E-state index contributed by atoms with van der Waals surface area (Å²) >= 11 is 1.79. The Labute approximate surface area is 100.0 Å². The molecule has 4 heteroatoms. The van der Waals surface area contributed by atoms with Crippen LogP contribution in [0.15, 0.2) is 23.1 Å². The molecule has 1 aromatic rings. The van der Waals surface area contributed by atoms with Crippen LogP contribution in [0.4, 0.5) is 5.69 Å². The highest BCUT2D eigenvalue weighted by Crippen LogP contribution is 2.33. The second-order valence-corrected chi connectivity index (χ2v) is 5.00. The van der Waals surface area contributed by atoms with Gasteiger partial charge in [0.2, 0.25) is 5.91 Å². The predicted molar refractivity (Wildman–Crippen MR) is 67.9 cm³/mol. The molecule has 86 valence electrons. The molecule has 0 bridgehead atoms. The molecule has 0 aliphatic carbocycles. The minimum atomic E-state index is -0.180. The Hall–Kier alpha value is -1.00. The van der Waals surface area contributed by atoms with Crippen LogP contribution in [-0.4, -0.2) is 18.2 Å². The SMILES string of the molecule is CCNC1C(=O)Nc2cc(SCC)ccc21. The van der Waals surface area contributed by atoms with Gasteiger partial charge in [-0.15, -0.1) is 11.8 Å². The number of likely N-dealkylation sites (N-methyl/N-ethyl adjacent to an activating group) is 1. The summed E-state index contributed by atoms with van der Waals surface area (Å²) in [7, 11) is 0. The minimum absolute atomic E-state index is 0.0514. The highest BCUT2D eigenvalue weighted by molar-refractivity contribution is 7.99. The van der Waals surface area contributed by atoms with Crippen LogP contribution in [0.3, 0.4) is 0 Å². The average molecular weight is 236 g/mol. The van der Waals surface area contributed by atoms with E-state index in [9.17, 15) is 4.79 Å². The van der Waals surface area contributed by atoms with Gasteiger partial charge in [-0.2, -0.15) is 0 Å². The van der Waals surface area contributed by atoms with Crippen molar-refractivity contribution >= 4 is 23.4 Å². The number of hydrogen-bond acceptors (Lipinski definition) is 3. The van der Waals surface area contributed by atoms with Crippen LogP contribution in [0.2, 0.25) is 0 Å². The zero-order chi connectivity index (χ0) is 11.5. The lowest BCUT2D eigenvalue weighted by Crippen LogP contribution is -2.27. The number of carbonyl (C=O) groups is 1. The lowest BCUT2D eigenvalue weighted by molar-refractivity contribution is -0.117. The third-order valence-corrected chi connectivity index (χ3v) is 3.45. The van der Waals surface area contributed by atoms with Gasteiger partial charge in [-0.1, -0.05) is 19.9 Å². The van der Waals surface area contributed by atoms with Gasteiger partial charge in [0.25, 0.3) is 0 Å². The fraction of sp³-hybridized carbons (Fsp3) is 0.417. The van der Waals surface area contributed by atoms with E-state index in [0.717, 1.165) is 23.5 Å². The molecule has 1 atom stereocenters. The van der Waals surface area contributed by atoms with E-state index in [4.69, 9.17) is 0 Å². The topological polar surface area (TPSA) is 41.1 Å². The van der Waals surface area contributed by atoms with Crippen LogP contribution >= 0.6 is 11.8 Å². The number of amides is 1. The van der Waals surface area contributed by atoms with E-state index in [2.05, 4.69) is 29.7 Å². The first kappa shape index (κ1) is 11.5. The Kier molecular flexibility index (Phi) is 3.51. The monoisotopic (exact) mass is 236 g/mol. The van der Waals surface area contributed by atoms with Crippen molar-refractivity contribution < 1.29 is 4.79 Å². The fourth-order valence-electron chi connectivity index (χ4n) is 1.90. The maximum Gasteiger partial charge on any atom is 0.246 e. The Morgan fingerprint density at radius 1 is 1.44 bits per heavy atom. The van der Waals surface area contributed by atoms with Crippen molar-refractivity contribution in [1.82, 2.24) is 5.32 Å². The largest absolute Gasteiger partial charge is 0.324 e.